The number of ketones is 1. The molecule has 0 aliphatic heterocycles. The zero-order valence-electron chi connectivity index (χ0n) is 11.7. The number of carbonyl (C=O) groups excluding carboxylic acids is 1. The normalized spacial score (nSPS) is 10.3. The molecule has 0 bridgehead atoms. The van der Waals surface area contributed by atoms with E-state index in [1.165, 1.54) is 12.1 Å². The van der Waals surface area contributed by atoms with Gasteiger partial charge in [0.1, 0.15) is 17.3 Å². The smallest absolute Gasteiger partial charge is 0.141 e. The third kappa shape index (κ3) is 3.67. The molecule has 0 aliphatic carbocycles. The van der Waals surface area contributed by atoms with E-state index in [1.807, 2.05) is 25.1 Å². The highest BCUT2D eigenvalue weighted by Crippen LogP contribution is 2.21. The van der Waals surface area contributed by atoms with Gasteiger partial charge in [-0.15, -0.1) is 0 Å². The highest BCUT2D eigenvalue weighted by molar-refractivity contribution is 5.83. The predicted octanol–water partition coefficient (Wildman–Crippen LogP) is 3.50. The Morgan fingerprint density at radius 3 is 2.45 bits per heavy atom. The molecule has 0 saturated carbocycles. The third-order valence-electron chi connectivity index (χ3n) is 3.14. The molecule has 3 heteroatoms. The summed E-state index contributed by atoms with van der Waals surface area (Å²) in [5, 5.41) is 0. The number of hydrogen-bond donors (Lipinski definition) is 0. The van der Waals surface area contributed by atoms with Crippen LogP contribution in [-0.2, 0) is 17.6 Å². The van der Waals surface area contributed by atoms with Crippen LogP contribution in [0.1, 0.15) is 16.7 Å². The van der Waals surface area contributed by atoms with E-state index in [2.05, 4.69) is 0 Å². The number of methoxy groups -OCH3 is 1. The zero-order chi connectivity index (χ0) is 14.5. The Morgan fingerprint density at radius 2 is 1.80 bits per heavy atom. The number of rotatable bonds is 5. The van der Waals surface area contributed by atoms with E-state index in [0.717, 1.165) is 22.4 Å². The Kier molecular flexibility index (Phi) is 4.51. The van der Waals surface area contributed by atoms with Crippen LogP contribution in [0.3, 0.4) is 0 Å². The molecule has 2 rings (SSSR count). The summed E-state index contributed by atoms with van der Waals surface area (Å²) in [5.74, 6) is 0.519. The minimum atomic E-state index is -0.290. The van der Waals surface area contributed by atoms with Crippen molar-refractivity contribution < 1.29 is 13.9 Å². The lowest BCUT2D eigenvalue weighted by atomic mass is 10.0. The lowest BCUT2D eigenvalue weighted by Crippen LogP contribution is -2.08. The van der Waals surface area contributed by atoms with E-state index < -0.39 is 0 Å². The number of benzene rings is 2. The minimum absolute atomic E-state index is 0.0838. The van der Waals surface area contributed by atoms with Crippen molar-refractivity contribution in [2.45, 2.75) is 19.8 Å². The molecule has 0 unspecified atom stereocenters. The highest BCUT2D eigenvalue weighted by atomic mass is 19.1. The van der Waals surface area contributed by atoms with Crippen LogP contribution >= 0.6 is 0 Å². The second-order valence-electron chi connectivity index (χ2n) is 4.83. The molecule has 0 radical (unpaired) electrons. The summed E-state index contributed by atoms with van der Waals surface area (Å²) in [6.45, 7) is 1.98. The number of ether oxygens (including phenoxy) is 1. The first-order valence-electron chi connectivity index (χ1n) is 6.48. The molecule has 2 nitrogen and oxygen atoms in total. The first-order chi connectivity index (χ1) is 9.58. The first-order valence-corrected chi connectivity index (χ1v) is 6.48. The average molecular weight is 272 g/mol. The van der Waals surface area contributed by atoms with Gasteiger partial charge >= 0.3 is 0 Å². The van der Waals surface area contributed by atoms with Crippen molar-refractivity contribution in [3.8, 4) is 5.75 Å². The van der Waals surface area contributed by atoms with E-state index >= 15 is 0 Å². The van der Waals surface area contributed by atoms with Crippen LogP contribution in [0.5, 0.6) is 5.75 Å². The first kappa shape index (κ1) is 14.3. The molecule has 2 aromatic rings. The van der Waals surface area contributed by atoms with E-state index in [0.29, 0.717) is 12.8 Å². The maximum Gasteiger partial charge on any atom is 0.141 e. The van der Waals surface area contributed by atoms with Crippen molar-refractivity contribution in [3.63, 3.8) is 0 Å². The average Bonchev–Trinajstić information content (AvgIpc) is 2.41. The van der Waals surface area contributed by atoms with Gasteiger partial charge in [0.25, 0.3) is 0 Å². The molecule has 0 saturated heterocycles. The van der Waals surface area contributed by atoms with Crippen LogP contribution in [0.2, 0.25) is 0 Å². The number of aryl methyl sites for hydroxylation is 1. The quantitative estimate of drug-likeness (QED) is 0.832. The number of carbonyl (C=O) groups is 1. The van der Waals surface area contributed by atoms with Gasteiger partial charge in [0, 0.05) is 18.4 Å². The van der Waals surface area contributed by atoms with Gasteiger partial charge in [-0.1, -0.05) is 29.8 Å². The second-order valence-corrected chi connectivity index (χ2v) is 4.83. The van der Waals surface area contributed by atoms with Gasteiger partial charge in [-0.05, 0) is 30.7 Å². The fourth-order valence-corrected chi connectivity index (χ4v) is 2.15. The number of hydrogen-bond acceptors (Lipinski definition) is 2. The SMILES string of the molecule is COc1ccc(C)cc1CC(=O)Cc1ccc(F)cc1. The lowest BCUT2D eigenvalue weighted by Gasteiger charge is -2.09. The van der Waals surface area contributed by atoms with Gasteiger partial charge in [-0.3, -0.25) is 4.79 Å². The summed E-state index contributed by atoms with van der Waals surface area (Å²) >= 11 is 0. The van der Waals surface area contributed by atoms with Gasteiger partial charge in [0.05, 0.1) is 7.11 Å². The molecule has 0 spiro atoms. The van der Waals surface area contributed by atoms with Gasteiger partial charge in [-0.25, -0.2) is 4.39 Å². The summed E-state index contributed by atoms with van der Waals surface area (Å²) in [6.07, 6.45) is 0.625. The lowest BCUT2D eigenvalue weighted by molar-refractivity contribution is -0.117. The van der Waals surface area contributed by atoms with E-state index in [1.54, 1.807) is 19.2 Å². The molecule has 20 heavy (non-hydrogen) atoms. The maximum absolute atomic E-state index is 12.8. The Hall–Kier alpha value is -2.16. The summed E-state index contributed by atoms with van der Waals surface area (Å²) in [6, 6.07) is 11.8. The monoisotopic (exact) mass is 272 g/mol. The zero-order valence-corrected chi connectivity index (χ0v) is 11.7. The van der Waals surface area contributed by atoms with Crippen LogP contribution in [0, 0.1) is 12.7 Å². The van der Waals surface area contributed by atoms with Crippen molar-refractivity contribution in [2.24, 2.45) is 0 Å². The molecular weight excluding hydrogens is 255 g/mol. The van der Waals surface area contributed by atoms with Crippen LogP contribution < -0.4 is 4.74 Å². The molecule has 0 aromatic heterocycles. The fraction of sp³-hybridized carbons (Fsp3) is 0.235. The van der Waals surface area contributed by atoms with Crippen molar-refractivity contribution in [1.82, 2.24) is 0 Å². The number of halogens is 1. The predicted molar refractivity (Wildman–Crippen MR) is 76.5 cm³/mol. The molecule has 0 heterocycles. The molecule has 104 valence electrons. The second kappa shape index (κ2) is 6.33. The van der Waals surface area contributed by atoms with Crippen molar-refractivity contribution in [1.29, 1.82) is 0 Å². The highest BCUT2D eigenvalue weighted by Gasteiger charge is 2.10. The molecule has 0 fully saturated rings. The summed E-state index contributed by atoms with van der Waals surface area (Å²) in [4.78, 5) is 12.1. The van der Waals surface area contributed by atoms with Crippen LogP contribution in [-0.4, -0.2) is 12.9 Å². The molecule has 0 aliphatic rings. The van der Waals surface area contributed by atoms with Gasteiger partial charge in [-0.2, -0.15) is 0 Å². The standard InChI is InChI=1S/C17H17FO2/c1-12-3-8-17(20-2)14(9-12)11-16(19)10-13-4-6-15(18)7-5-13/h3-9H,10-11H2,1-2H3. The molecule has 0 amide bonds. The minimum Gasteiger partial charge on any atom is -0.496 e. The molecule has 0 N–H and O–H groups in total. The van der Waals surface area contributed by atoms with Gasteiger partial charge in [0.15, 0.2) is 0 Å². The fourth-order valence-electron chi connectivity index (χ4n) is 2.15. The summed E-state index contributed by atoms with van der Waals surface area (Å²) in [7, 11) is 1.60. The molecule has 0 atom stereocenters. The van der Waals surface area contributed by atoms with Crippen LogP contribution in [0.25, 0.3) is 0 Å². The molecular formula is C17H17FO2. The molecule has 2 aromatic carbocycles. The maximum atomic E-state index is 12.8. The van der Waals surface area contributed by atoms with Crippen molar-refractivity contribution in [2.75, 3.05) is 7.11 Å². The Bertz CT molecular complexity index is 603. The van der Waals surface area contributed by atoms with Crippen LogP contribution in [0.15, 0.2) is 42.5 Å². The topological polar surface area (TPSA) is 26.3 Å². The summed E-state index contributed by atoms with van der Waals surface area (Å²) < 4.78 is 18.1. The third-order valence-corrected chi connectivity index (χ3v) is 3.14. The Balaban J connectivity index is 2.08. The van der Waals surface area contributed by atoms with E-state index in [-0.39, 0.29) is 11.6 Å². The number of Topliss-reactive ketones (excluding diaryl/α,β-unsaturated/α-hetero) is 1. The Labute approximate surface area is 118 Å². The van der Waals surface area contributed by atoms with Crippen LogP contribution in [0.4, 0.5) is 4.39 Å². The van der Waals surface area contributed by atoms with Crippen molar-refractivity contribution in [3.05, 3.63) is 65.0 Å². The summed E-state index contributed by atoms with van der Waals surface area (Å²) in [5.41, 5.74) is 2.80. The van der Waals surface area contributed by atoms with Crippen molar-refractivity contribution >= 4 is 5.78 Å². The van der Waals surface area contributed by atoms with E-state index in [4.69, 9.17) is 4.74 Å². The van der Waals surface area contributed by atoms with E-state index in [9.17, 15) is 9.18 Å². The Morgan fingerprint density at radius 1 is 1.10 bits per heavy atom. The van der Waals surface area contributed by atoms with Gasteiger partial charge < -0.3 is 4.74 Å². The van der Waals surface area contributed by atoms with Gasteiger partial charge in [0.2, 0.25) is 0 Å². The largest absolute Gasteiger partial charge is 0.496 e.